The van der Waals surface area contributed by atoms with Crippen LogP contribution in [-0.2, 0) is 16.1 Å². The quantitative estimate of drug-likeness (QED) is 0.614. The summed E-state index contributed by atoms with van der Waals surface area (Å²) in [5.41, 5.74) is 0.565. The maximum Gasteiger partial charge on any atom is 0.261 e. The van der Waals surface area contributed by atoms with E-state index in [2.05, 4.69) is 5.32 Å². The molecule has 8 heteroatoms. The van der Waals surface area contributed by atoms with Gasteiger partial charge in [-0.25, -0.2) is 0 Å². The molecule has 2 amide bonds. The van der Waals surface area contributed by atoms with E-state index in [0.29, 0.717) is 27.1 Å². The molecule has 0 radical (unpaired) electrons. The maximum atomic E-state index is 13.1. The first-order chi connectivity index (χ1) is 14.2. The average Bonchev–Trinajstić information content (AvgIpc) is 2.71. The summed E-state index contributed by atoms with van der Waals surface area (Å²) in [4.78, 5) is 27.1. The third kappa shape index (κ3) is 6.28. The van der Waals surface area contributed by atoms with Crippen LogP contribution in [0.5, 0.6) is 11.5 Å². The number of hydrogen-bond donors (Lipinski definition) is 1. The molecule has 162 valence electrons. The van der Waals surface area contributed by atoms with Crippen molar-refractivity contribution in [1.29, 1.82) is 0 Å². The molecule has 2 rings (SSSR count). The standard InChI is InChI=1S/C22H26Cl2N2O4/c1-14(2)25-22(28)15(3)26(12-16-17(23)8-7-9-18(16)24)21(27)13-30-20-11-6-5-10-19(20)29-4/h5-11,14-15H,12-13H2,1-4H3,(H,25,28). The van der Waals surface area contributed by atoms with Gasteiger partial charge in [0, 0.05) is 28.2 Å². The summed E-state index contributed by atoms with van der Waals surface area (Å²) in [6.07, 6.45) is 0. The van der Waals surface area contributed by atoms with Crippen LogP contribution in [-0.4, -0.2) is 42.5 Å². The van der Waals surface area contributed by atoms with Gasteiger partial charge in [0.15, 0.2) is 18.1 Å². The molecule has 1 N–H and O–H groups in total. The normalized spacial score (nSPS) is 11.7. The van der Waals surface area contributed by atoms with Crippen LogP contribution in [0.15, 0.2) is 42.5 Å². The lowest BCUT2D eigenvalue weighted by atomic mass is 10.1. The molecule has 0 aromatic heterocycles. The molecule has 0 spiro atoms. The third-order valence-electron chi connectivity index (χ3n) is 4.41. The highest BCUT2D eigenvalue weighted by Gasteiger charge is 2.28. The Bertz CT molecular complexity index is 869. The monoisotopic (exact) mass is 452 g/mol. The lowest BCUT2D eigenvalue weighted by molar-refractivity contribution is -0.142. The van der Waals surface area contributed by atoms with Crippen LogP contribution in [0.25, 0.3) is 0 Å². The van der Waals surface area contributed by atoms with E-state index in [-0.39, 0.29) is 31.0 Å². The van der Waals surface area contributed by atoms with Crippen molar-refractivity contribution in [1.82, 2.24) is 10.2 Å². The second-order valence-corrected chi connectivity index (χ2v) is 7.82. The number of halogens is 2. The van der Waals surface area contributed by atoms with Crippen LogP contribution in [0.3, 0.4) is 0 Å². The summed E-state index contributed by atoms with van der Waals surface area (Å²) in [5.74, 6) is 0.280. The van der Waals surface area contributed by atoms with E-state index in [4.69, 9.17) is 32.7 Å². The zero-order chi connectivity index (χ0) is 22.3. The molecule has 2 aromatic carbocycles. The largest absolute Gasteiger partial charge is 0.493 e. The van der Waals surface area contributed by atoms with Gasteiger partial charge in [0.1, 0.15) is 6.04 Å². The fourth-order valence-electron chi connectivity index (χ4n) is 2.80. The molecular formula is C22H26Cl2N2O4. The van der Waals surface area contributed by atoms with E-state index in [1.165, 1.54) is 12.0 Å². The second-order valence-electron chi connectivity index (χ2n) is 7.00. The van der Waals surface area contributed by atoms with Crippen LogP contribution in [0.4, 0.5) is 0 Å². The average molecular weight is 453 g/mol. The molecule has 30 heavy (non-hydrogen) atoms. The smallest absolute Gasteiger partial charge is 0.261 e. The Morgan fingerprint density at radius 1 is 1.00 bits per heavy atom. The molecule has 0 saturated carbocycles. The van der Waals surface area contributed by atoms with E-state index < -0.39 is 6.04 Å². The third-order valence-corrected chi connectivity index (χ3v) is 5.12. The first-order valence-electron chi connectivity index (χ1n) is 9.53. The molecule has 0 bridgehead atoms. The van der Waals surface area contributed by atoms with Crippen LogP contribution in [0.1, 0.15) is 26.3 Å². The lowest BCUT2D eigenvalue weighted by Crippen LogP contribution is -2.50. The van der Waals surface area contributed by atoms with E-state index in [1.807, 2.05) is 13.8 Å². The summed E-state index contributed by atoms with van der Waals surface area (Å²) >= 11 is 12.6. The number of carbonyl (C=O) groups excluding carboxylic acids is 2. The predicted molar refractivity (Wildman–Crippen MR) is 118 cm³/mol. The molecule has 0 aliphatic rings. The van der Waals surface area contributed by atoms with Gasteiger partial charge in [0.2, 0.25) is 5.91 Å². The van der Waals surface area contributed by atoms with Gasteiger partial charge in [-0.05, 0) is 45.0 Å². The minimum Gasteiger partial charge on any atom is -0.493 e. The van der Waals surface area contributed by atoms with Crippen molar-refractivity contribution in [3.05, 3.63) is 58.1 Å². The van der Waals surface area contributed by atoms with Crippen molar-refractivity contribution in [2.24, 2.45) is 0 Å². The number of hydrogen-bond acceptors (Lipinski definition) is 4. The summed E-state index contributed by atoms with van der Waals surface area (Å²) in [5, 5.41) is 3.66. The van der Waals surface area contributed by atoms with Crippen LogP contribution in [0, 0.1) is 0 Å². The number of benzene rings is 2. The highest BCUT2D eigenvalue weighted by Crippen LogP contribution is 2.28. The number of nitrogens with zero attached hydrogens (tertiary/aromatic N) is 1. The molecule has 1 atom stereocenters. The summed E-state index contributed by atoms with van der Waals surface area (Å²) in [7, 11) is 1.52. The van der Waals surface area contributed by atoms with Gasteiger partial charge >= 0.3 is 0 Å². The van der Waals surface area contributed by atoms with E-state index >= 15 is 0 Å². The summed E-state index contributed by atoms with van der Waals surface area (Å²) in [6, 6.07) is 11.3. The Hall–Kier alpha value is -2.44. The van der Waals surface area contributed by atoms with Gasteiger partial charge in [-0.2, -0.15) is 0 Å². The number of nitrogens with one attached hydrogen (secondary N) is 1. The van der Waals surface area contributed by atoms with Crippen molar-refractivity contribution in [2.75, 3.05) is 13.7 Å². The maximum absolute atomic E-state index is 13.1. The number of amides is 2. The van der Waals surface area contributed by atoms with Gasteiger partial charge in [-0.1, -0.05) is 41.4 Å². The Kier molecular flexibility index (Phi) is 8.81. The predicted octanol–water partition coefficient (Wildman–Crippen LogP) is 4.32. The van der Waals surface area contributed by atoms with Crippen LogP contribution < -0.4 is 14.8 Å². The van der Waals surface area contributed by atoms with Crippen molar-refractivity contribution in [2.45, 2.75) is 39.4 Å². The molecule has 0 aliphatic heterocycles. The second kappa shape index (κ2) is 11.1. The zero-order valence-electron chi connectivity index (χ0n) is 17.4. The van der Waals surface area contributed by atoms with Crippen molar-refractivity contribution in [3.63, 3.8) is 0 Å². The van der Waals surface area contributed by atoms with Crippen molar-refractivity contribution >= 4 is 35.0 Å². The number of carbonyl (C=O) groups is 2. The SMILES string of the molecule is COc1ccccc1OCC(=O)N(Cc1c(Cl)cccc1Cl)C(C)C(=O)NC(C)C. The fourth-order valence-corrected chi connectivity index (χ4v) is 3.32. The van der Waals surface area contributed by atoms with Crippen molar-refractivity contribution < 1.29 is 19.1 Å². The molecule has 0 heterocycles. The lowest BCUT2D eigenvalue weighted by Gasteiger charge is -2.30. The summed E-state index contributed by atoms with van der Waals surface area (Å²) in [6.45, 7) is 5.16. The van der Waals surface area contributed by atoms with E-state index in [1.54, 1.807) is 49.4 Å². The topological polar surface area (TPSA) is 67.9 Å². The van der Waals surface area contributed by atoms with Crippen LogP contribution >= 0.6 is 23.2 Å². The molecule has 1 unspecified atom stereocenters. The number of rotatable bonds is 9. The Balaban J connectivity index is 2.25. The van der Waals surface area contributed by atoms with Crippen LogP contribution in [0.2, 0.25) is 10.0 Å². The van der Waals surface area contributed by atoms with Gasteiger partial charge in [-0.15, -0.1) is 0 Å². The van der Waals surface area contributed by atoms with Crippen molar-refractivity contribution in [3.8, 4) is 11.5 Å². The first-order valence-corrected chi connectivity index (χ1v) is 10.3. The van der Waals surface area contributed by atoms with Gasteiger partial charge < -0.3 is 19.7 Å². The molecule has 6 nitrogen and oxygen atoms in total. The van der Waals surface area contributed by atoms with Gasteiger partial charge in [0.25, 0.3) is 5.91 Å². The van der Waals surface area contributed by atoms with E-state index in [0.717, 1.165) is 0 Å². The van der Waals surface area contributed by atoms with Gasteiger partial charge in [-0.3, -0.25) is 9.59 Å². The fraction of sp³-hybridized carbons (Fsp3) is 0.364. The molecule has 0 fully saturated rings. The Labute approximate surface area is 187 Å². The highest BCUT2D eigenvalue weighted by molar-refractivity contribution is 6.36. The number of methoxy groups -OCH3 is 1. The Morgan fingerprint density at radius 3 is 2.17 bits per heavy atom. The number of ether oxygens (including phenoxy) is 2. The zero-order valence-corrected chi connectivity index (χ0v) is 19.0. The minimum absolute atomic E-state index is 0.0642. The molecule has 0 saturated heterocycles. The Morgan fingerprint density at radius 2 is 1.60 bits per heavy atom. The summed E-state index contributed by atoms with van der Waals surface area (Å²) < 4.78 is 10.9. The highest BCUT2D eigenvalue weighted by atomic mass is 35.5. The van der Waals surface area contributed by atoms with Gasteiger partial charge in [0.05, 0.1) is 7.11 Å². The molecule has 2 aromatic rings. The minimum atomic E-state index is -0.756. The number of para-hydroxylation sites is 2. The molecular weight excluding hydrogens is 427 g/mol. The first kappa shape index (κ1) is 23.8. The molecule has 0 aliphatic carbocycles. The van der Waals surface area contributed by atoms with E-state index in [9.17, 15) is 9.59 Å².